The fourth-order valence-corrected chi connectivity index (χ4v) is 2.01. The van der Waals surface area contributed by atoms with Crippen molar-refractivity contribution in [2.24, 2.45) is 0 Å². The maximum atomic E-state index is 12.3. The lowest BCUT2D eigenvalue weighted by Gasteiger charge is -2.13. The number of para-hydroxylation sites is 1. The highest BCUT2D eigenvalue weighted by Gasteiger charge is 2.16. The Morgan fingerprint density at radius 1 is 1.22 bits per heavy atom. The Morgan fingerprint density at radius 2 is 1.89 bits per heavy atom. The molecule has 0 unspecified atom stereocenters. The van der Waals surface area contributed by atoms with Crippen LogP contribution in [0.1, 0.15) is 45.6 Å². The van der Waals surface area contributed by atoms with Gasteiger partial charge >= 0.3 is 0 Å². The molecule has 0 saturated heterocycles. The van der Waals surface area contributed by atoms with E-state index in [0.29, 0.717) is 6.42 Å². The first-order valence-electron chi connectivity index (χ1n) is 6.45. The molecule has 1 aromatic carbocycles. The summed E-state index contributed by atoms with van der Waals surface area (Å²) in [5.74, 6) is 0.972. The third-order valence-electron chi connectivity index (χ3n) is 2.91. The number of methoxy groups -OCH3 is 1. The minimum absolute atomic E-state index is 0.210. The highest BCUT2D eigenvalue weighted by Crippen LogP contribution is 2.29. The van der Waals surface area contributed by atoms with Crippen molar-refractivity contribution in [2.45, 2.75) is 40.0 Å². The predicted molar refractivity (Wildman–Crippen MR) is 75.8 cm³/mol. The zero-order valence-corrected chi connectivity index (χ0v) is 11.7. The second-order valence-electron chi connectivity index (χ2n) is 4.60. The highest BCUT2D eigenvalue weighted by atomic mass is 16.5. The molecule has 0 amide bonds. The van der Waals surface area contributed by atoms with Crippen LogP contribution in [0.25, 0.3) is 5.57 Å². The van der Waals surface area contributed by atoms with Crippen LogP contribution in [0.2, 0.25) is 0 Å². The van der Waals surface area contributed by atoms with E-state index in [9.17, 15) is 4.79 Å². The zero-order chi connectivity index (χ0) is 13.5. The average Bonchev–Trinajstić information content (AvgIpc) is 2.36. The third kappa shape index (κ3) is 3.46. The molecule has 1 aromatic rings. The molecular weight excluding hydrogens is 224 g/mol. The molecule has 0 aliphatic heterocycles. The smallest absolute Gasteiger partial charge is 0.163 e. The first kappa shape index (κ1) is 14.5. The molecule has 98 valence electrons. The van der Waals surface area contributed by atoms with Gasteiger partial charge in [-0.05, 0) is 26.3 Å². The topological polar surface area (TPSA) is 26.3 Å². The van der Waals surface area contributed by atoms with Crippen molar-refractivity contribution in [1.82, 2.24) is 0 Å². The summed E-state index contributed by atoms with van der Waals surface area (Å²) < 4.78 is 5.34. The summed E-state index contributed by atoms with van der Waals surface area (Å²) in [6, 6.07) is 7.70. The van der Waals surface area contributed by atoms with Crippen molar-refractivity contribution in [2.75, 3.05) is 7.11 Å². The largest absolute Gasteiger partial charge is 0.496 e. The van der Waals surface area contributed by atoms with Gasteiger partial charge in [0.05, 0.1) is 7.11 Å². The number of Topliss-reactive ketones (excluding diaryl/α,β-unsaturated/α-hetero) is 1. The second-order valence-corrected chi connectivity index (χ2v) is 4.60. The SMILES string of the molecule is CCCCC(=O)C(=C(C)C)c1ccccc1OC. The maximum Gasteiger partial charge on any atom is 0.163 e. The number of hydrogen-bond acceptors (Lipinski definition) is 2. The molecule has 0 heterocycles. The molecule has 0 bridgehead atoms. The van der Waals surface area contributed by atoms with E-state index in [1.54, 1.807) is 7.11 Å². The molecule has 0 atom stereocenters. The third-order valence-corrected chi connectivity index (χ3v) is 2.91. The molecule has 18 heavy (non-hydrogen) atoms. The molecule has 2 nitrogen and oxygen atoms in total. The first-order chi connectivity index (χ1) is 8.61. The lowest BCUT2D eigenvalue weighted by molar-refractivity contribution is -0.113. The zero-order valence-electron chi connectivity index (χ0n) is 11.7. The van der Waals surface area contributed by atoms with E-state index in [4.69, 9.17) is 4.74 Å². The van der Waals surface area contributed by atoms with Crippen LogP contribution >= 0.6 is 0 Å². The lowest BCUT2D eigenvalue weighted by Crippen LogP contribution is -2.05. The monoisotopic (exact) mass is 246 g/mol. The van der Waals surface area contributed by atoms with Gasteiger partial charge in [0.15, 0.2) is 5.78 Å². The van der Waals surface area contributed by atoms with E-state index in [-0.39, 0.29) is 5.78 Å². The van der Waals surface area contributed by atoms with Crippen LogP contribution in [-0.2, 0) is 4.79 Å². The molecule has 0 spiro atoms. The first-order valence-corrected chi connectivity index (χ1v) is 6.45. The van der Waals surface area contributed by atoms with Crippen LogP contribution in [0.5, 0.6) is 5.75 Å². The Hall–Kier alpha value is -1.57. The summed E-state index contributed by atoms with van der Waals surface area (Å²) >= 11 is 0. The summed E-state index contributed by atoms with van der Waals surface area (Å²) in [7, 11) is 1.64. The minimum atomic E-state index is 0.210. The molecular formula is C16H22O2. The van der Waals surface area contributed by atoms with Crippen molar-refractivity contribution in [3.63, 3.8) is 0 Å². The Kier molecular flexibility index (Phi) is 5.63. The van der Waals surface area contributed by atoms with Crippen molar-refractivity contribution in [3.8, 4) is 5.75 Å². The Morgan fingerprint density at radius 3 is 2.44 bits per heavy atom. The van der Waals surface area contributed by atoms with Gasteiger partial charge in [-0.25, -0.2) is 0 Å². The Bertz CT molecular complexity index is 440. The van der Waals surface area contributed by atoms with Gasteiger partial charge in [-0.2, -0.15) is 0 Å². The maximum absolute atomic E-state index is 12.3. The highest BCUT2D eigenvalue weighted by molar-refractivity contribution is 6.22. The van der Waals surface area contributed by atoms with Gasteiger partial charge in [0.1, 0.15) is 5.75 Å². The summed E-state index contributed by atoms with van der Waals surface area (Å²) in [6.07, 6.45) is 2.58. The van der Waals surface area contributed by atoms with Crippen molar-refractivity contribution in [3.05, 3.63) is 35.4 Å². The van der Waals surface area contributed by atoms with Gasteiger partial charge < -0.3 is 4.74 Å². The van der Waals surface area contributed by atoms with E-state index >= 15 is 0 Å². The average molecular weight is 246 g/mol. The quantitative estimate of drug-likeness (QED) is 0.701. The number of unbranched alkanes of at least 4 members (excludes halogenated alkanes) is 1. The number of carbonyl (C=O) groups is 1. The Balaban J connectivity index is 3.14. The second kappa shape index (κ2) is 7.00. The summed E-state index contributed by atoms with van der Waals surface area (Å²) in [5, 5.41) is 0. The van der Waals surface area contributed by atoms with Crippen LogP contribution < -0.4 is 4.74 Å². The van der Waals surface area contributed by atoms with Crippen LogP contribution in [0, 0.1) is 0 Å². The predicted octanol–water partition coefficient (Wildman–Crippen LogP) is 4.25. The summed E-state index contributed by atoms with van der Waals surface area (Å²) in [4.78, 5) is 12.3. The van der Waals surface area contributed by atoms with Gasteiger partial charge in [-0.15, -0.1) is 0 Å². The molecule has 0 N–H and O–H groups in total. The normalized spacial score (nSPS) is 10.0. The number of benzene rings is 1. The van der Waals surface area contributed by atoms with Crippen LogP contribution in [0.15, 0.2) is 29.8 Å². The fourth-order valence-electron chi connectivity index (χ4n) is 2.01. The number of ketones is 1. The van der Waals surface area contributed by atoms with Crippen molar-refractivity contribution >= 4 is 11.4 Å². The molecule has 2 heteroatoms. The van der Waals surface area contributed by atoms with E-state index in [0.717, 1.165) is 35.3 Å². The molecule has 0 aromatic heterocycles. The fraction of sp³-hybridized carbons (Fsp3) is 0.438. The number of carbonyl (C=O) groups excluding carboxylic acids is 1. The number of allylic oxidation sites excluding steroid dienone is 2. The molecule has 0 radical (unpaired) electrons. The van der Waals surface area contributed by atoms with E-state index < -0.39 is 0 Å². The molecule has 0 aliphatic rings. The van der Waals surface area contributed by atoms with E-state index in [1.807, 2.05) is 38.1 Å². The van der Waals surface area contributed by atoms with Crippen LogP contribution in [0.3, 0.4) is 0 Å². The number of rotatable bonds is 6. The van der Waals surface area contributed by atoms with Crippen molar-refractivity contribution in [1.29, 1.82) is 0 Å². The van der Waals surface area contributed by atoms with Gasteiger partial charge in [0.2, 0.25) is 0 Å². The molecule has 0 saturated carbocycles. The van der Waals surface area contributed by atoms with Gasteiger partial charge in [0, 0.05) is 17.6 Å². The van der Waals surface area contributed by atoms with Gasteiger partial charge in [0.25, 0.3) is 0 Å². The standard InChI is InChI=1S/C16H22O2/c1-5-6-10-14(17)16(12(2)3)13-9-7-8-11-15(13)18-4/h7-9,11H,5-6,10H2,1-4H3. The van der Waals surface area contributed by atoms with Gasteiger partial charge in [-0.1, -0.05) is 37.1 Å². The molecule has 0 aliphatic carbocycles. The number of ether oxygens (including phenoxy) is 1. The molecule has 0 fully saturated rings. The Labute approximate surface area is 110 Å². The van der Waals surface area contributed by atoms with E-state index in [2.05, 4.69) is 6.92 Å². The summed E-state index contributed by atoms with van der Waals surface area (Å²) in [5.41, 5.74) is 2.75. The molecule has 1 rings (SSSR count). The number of hydrogen-bond donors (Lipinski definition) is 0. The lowest BCUT2D eigenvalue weighted by atomic mass is 9.94. The van der Waals surface area contributed by atoms with Crippen LogP contribution in [0.4, 0.5) is 0 Å². The minimum Gasteiger partial charge on any atom is -0.496 e. The van der Waals surface area contributed by atoms with Crippen molar-refractivity contribution < 1.29 is 9.53 Å². The van der Waals surface area contributed by atoms with Gasteiger partial charge in [-0.3, -0.25) is 4.79 Å². The van der Waals surface area contributed by atoms with Crippen LogP contribution in [-0.4, -0.2) is 12.9 Å². The summed E-state index contributed by atoms with van der Waals surface area (Å²) in [6.45, 7) is 6.05. The van der Waals surface area contributed by atoms with E-state index in [1.165, 1.54) is 0 Å².